The Kier molecular flexibility index (Phi) is 11.5. The predicted molar refractivity (Wildman–Crippen MR) is 168 cm³/mol. The number of rotatable bonds is 12. The minimum absolute atomic E-state index is 0.0250. The summed E-state index contributed by atoms with van der Waals surface area (Å²) in [6.45, 7) is 1.94. The monoisotopic (exact) mass is 678 g/mol. The van der Waals surface area contributed by atoms with Crippen molar-refractivity contribution in [2.45, 2.75) is 42.8 Å². The van der Waals surface area contributed by atoms with Gasteiger partial charge in [-0.05, 0) is 87.2 Å². The van der Waals surface area contributed by atoms with Gasteiger partial charge in [-0.1, -0.05) is 12.1 Å². The second-order valence-corrected chi connectivity index (χ2v) is 11.6. The number of aromatic nitrogens is 1. The molecule has 0 bridgehead atoms. The van der Waals surface area contributed by atoms with Crippen LogP contribution in [0, 0.1) is 11.6 Å². The maximum absolute atomic E-state index is 14.2. The van der Waals surface area contributed by atoms with E-state index in [-0.39, 0.29) is 59.3 Å². The smallest absolute Gasteiger partial charge is 0.446 e. The quantitative estimate of drug-likeness (QED) is 0.0901. The number of likely N-dealkylation sites (N-methyl/N-ethyl adjacent to an activating group) is 1. The van der Waals surface area contributed by atoms with Crippen LogP contribution >= 0.6 is 11.8 Å². The van der Waals surface area contributed by atoms with Gasteiger partial charge in [-0.15, -0.1) is 0 Å². The first-order valence-corrected chi connectivity index (χ1v) is 15.1. The van der Waals surface area contributed by atoms with Gasteiger partial charge in [0, 0.05) is 34.7 Å². The molecule has 1 heterocycles. The number of urea groups is 1. The molecular weight excluding hydrogens is 647 g/mol. The Bertz CT molecular complexity index is 1730. The number of esters is 1. The van der Waals surface area contributed by atoms with Crippen LogP contribution in [0.1, 0.15) is 30.1 Å². The van der Waals surface area contributed by atoms with Crippen molar-refractivity contribution in [3.8, 4) is 5.75 Å². The number of thioether (sulfide) groups is 1. The fraction of sp³-hybridized carbons (Fsp3) is 0.281. The molecule has 2 N–H and O–H groups in total. The third-order valence-corrected chi connectivity index (χ3v) is 7.59. The summed E-state index contributed by atoms with van der Waals surface area (Å²) in [5.74, 6) is -2.93. The first-order valence-electron chi connectivity index (χ1n) is 14.3. The molecule has 0 aliphatic rings. The number of carbonyl (C=O) groups is 3. The zero-order valence-corrected chi connectivity index (χ0v) is 26.3. The molecule has 0 spiro atoms. The van der Waals surface area contributed by atoms with Crippen LogP contribution in [0.15, 0.2) is 71.8 Å². The van der Waals surface area contributed by atoms with Crippen LogP contribution in [-0.4, -0.2) is 59.6 Å². The standard InChI is InChI=1S/C32H31F5N4O5S/c1-4-45-30(43)27(40(2)3)13-14-29(42)41-17-26(23-15-24(33)25(34)16-28(23)41)39-31(44)38-20-7-9-21(10-8-20)46-18-19-5-11-22(12-6-19)47-32(35,36)37/h5-12,15-17,27H,4,13-14,18H2,1-3H3,(H2,38,39,44). The van der Waals surface area contributed by atoms with Gasteiger partial charge in [0.25, 0.3) is 0 Å². The van der Waals surface area contributed by atoms with E-state index in [1.807, 2.05) is 0 Å². The molecule has 4 rings (SSSR count). The van der Waals surface area contributed by atoms with E-state index in [0.29, 0.717) is 17.0 Å². The number of alkyl halides is 3. The molecule has 1 unspecified atom stereocenters. The van der Waals surface area contributed by atoms with Gasteiger partial charge in [-0.3, -0.25) is 19.1 Å². The topological polar surface area (TPSA) is 102 Å². The number of fused-ring (bicyclic) bond motifs is 1. The summed E-state index contributed by atoms with van der Waals surface area (Å²) in [6, 6.07) is 12.3. The zero-order chi connectivity index (χ0) is 34.3. The fourth-order valence-corrected chi connectivity index (χ4v) is 5.14. The Balaban J connectivity index is 1.40. The molecule has 3 aromatic carbocycles. The van der Waals surface area contributed by atoms with Crippen molar-refractivity contribution in [1.29, 1.82) is 0 Å². The van der Waals surface area contributed by atoms with Crippen LogP contribution in [0.5, 0.6) is 5.75 Å². The molecule has 9 nitrogen and oxygen atoms in total. The lowest BCUT2D eigenvalue weighted by Gasteiger charge is -2.22. The normalized spacial score (nSPS) is 12.2. The molecule has 250 valence electrons. The minimum atomic E-state index is -4.37. The average Bonchev–Trinajstić information content (AvgIpc) is 3.33. The number of hydrogen-bond donors (Lipinski definition) is 2. The molecule has 4 aromatic rings. The number of ether oxygens (including phenoxy) is 2. The molecule has 0 radical (unpaired) electrons. The van der Waals surface area contributed by atoms with Crippen LogP contribution < -0.4 is 15.4 Å². The molecule has 0 aliphatic carbocycles. The highest BCUT2D eigenvalue weighted by Crippen LogP contribution is 2.37. The summed E-state index contributed by atoms with van der Waals surface area (Å²) in [7, 11) is 3.34. The second kappa shape index (κ2) is 15.3. The maximum Gasteiger partial charge on any atom is 0.446 e. The van der Waals surface area contributed by atoms with Gasteiger partial charge < -0.3 is 20.1 Å². The fourth-order valence-electron chi connectivity index (χ4n) is 4.60. The van der Waals surface area contributed by atoms with Crippen molar-refractivity contribution in [2.75, 3.05) is 31.3 Å². The average molecular weight is 679 g/mol. The van der Waals surface area contributed by atoms with Crippen molar-refractivity contribution in [2.24, 2.45) is 0 Å². The SMILES string of the molecule is CCOC(=O)C(CCC(=O)n1cc(NC(=O)Nc2ccc(OCc3ccc(SC(F)(F)F)cc3)cc2)c2cc(F)c(F)cc21)N(C)C. The Morgan fingerprint density at radius 1 is 0.957 bits per heavy atom. The number of halogens is 5. The first-order chi connectivity index (χ1) is 22.2. The molecule has 47 heavy (non-hydrogen) atoms. The molecule has 0 aliphatic heterocycles. The second-order valence-electron chi connectivity index (χ2n) is 10.4. The molecular formula is C32H31F5N4O5S. The summed E-state index contributed by atoms with van der Waals surface area (Å²) in [6.07, 6.45) is 1.23. The molecule has 0 saturated carbocycles. The van der Waals surface area contributed by atoms with E-state index < -0.39 is 41.1 Å². The van der Waals surface area contributed by atoms with Crippen molar-refractivity contribution < 1.29 is 45.8 Å². The number of nitrogens with one attached hydrogen (secondary N) is 2. The van der Waals surface area contributed by atoms with Crippen molar-refractivity contribution in [1.82, 2.24) is 9.47 Å². The number of benzene rings is 3. The third kappa shape index (κ3) is 9.68. The summed E-state index contributed by atoms with van der Waals surface area (Å²) < 4.78 is 77.8. The molecule has 15 heteroatoms. The number of amides is 2. The van der Waals surface area contributed by atoms with Crippen molar-refractivity contribution >= 4 is 51.9 Å². The summed E-state index contributed by atoms with van der Waals surface area (Å²) in [5.41, 5.74) is -3.29. The lowest BCUT2D eigenvalue weighted by atomic mass is 10.1. The number of anilines is 2. The van der Waals surface area contributed by atoms with E-state index in [1.165, 1.54) is 30.5 Å². The van der Waals surface area contributed by atoms with Gasteiger partial charge in [-0.2, -0.15) is 13.2 Å². The van der Waals surface area contributed by atoms with E-state index in [9.17, 15) is 36.3 Å². The zero-order valence-electron chi connectivity index (χ0n) is 25.5. The lowest BCUT2D eigenvalue weighted by molar-refractivity contribution is -0.148. The van der Waals surface area contributed by atoms with Crippen LogP contribution in [0.3, 0.4) is 0 Å². The van der Waals surface area contributed by atoms with Gasteiger partial charge in [0.1, 0.15) is 18.4 Å². The number of nitrogens with zero attached hydrogens (tertiary/aromatic N) is 2. The van der Waals surface area contributed by atoms with Crippen LogP contribution in [0.2, 0.25) is 0 Å². The first kappa shape index (κ1) is 35.2. The van der Waals surface area contributed by atoms with Gasteiger partial charge >= 0.3 is 17.5 Å². The van der Waals surface area contributed by atoms with E-state index in [0.717, 1.165) is 16.7 Å². The van der Waals surface area contributed by atoms with E-state index >= 15 is 0 Å². The molecule has 0 fully saturated rings. The van der Waals surface area contributed by atoms with Gasteiger partial charge in [0.15, 0.2) is 11.6 Å². The van der Waals surface area contributed by atoms with Gasteiger partial charge in [0.05, 0.1) is 17.8 Å². The molecule has 0 saturated heterocycles. The molecule has 1 atom stereocenters. The largest absolute Gasteiger partial charge is 0.489 e. The highest BCUT2D eigenvalue weighted by molar-refractivity contribution is 8.00. The minimum Gasteiger partial charge on any atom is -0.489 e. The van der Waals surface area contributed by atoms with Crippen LogP contribution in [-0.2, 0) is 16.1 Å². The van der Waals surface area contributed by atoms with Crippen LogP contribution in [0.4, 0.5) is 38.1 Å². The molecule has 2 amide bonds. The Morgan fingerprint density at radius 2 is 1.62 bits per heavy atom. The summed E-state index contributed by atoms with van der Waals surface area (Å²) in [5, 5.41) is 5.24. The summed E-state index contributed by atoms with van der Waals surface area (Å²) in [4.78, 5) is 40.0. The van der Waals surface area contributed by atoms with Crippen molar-refractivity contribution in [3.63, 3.8) is 0 Å². The molecule has 1 aromatic heterocycles. The van der Waals surface area contributed by atoms with Crippen LogP contribution in [0.25, 0.3) is 10.9 Å². The van der Waals surface area contributed by atoms with Gasteiger partial charge in [0.2, 0.25) is 5.91 Å². The van der Waals surface area contributed by atoms with Crippen molar-refractivity contribution in [3.05, 3.63) is 84.1 Å². The highest BCUT2D eigenvalue weighted by atomic mass is 32.2. The highest BCUT2D eigenvalue weighted by Gasteiger charge is 2.29. The van der Waals surface area contributed by atoms with E-state index in [2.05, 4.69) is 10.6 Å². The Labute approximate surface area is 271 Å². The summed E-state index contributed by atoms with van der Waals surface area (Å²) >= 11 is -0.204. The number of hydrogen-bond acceptors (Lipinski definition) is 7. The number of carbonyl (C=O) groups excluding carboxylic acids is 3. The Hall–Kier alpha value is -4.63. The predicted octanol–water partition coefficient (Wildman–Crippen LogP) is 7.67. The van der Waals surface area contributed by atoms with Gasteiger partial charge in [-0.25, -0.2) is 13.6 Å². The van der Waals surface area contributed by atoms with E-state index in [4.69, 9.17) is 9.47 Å². The van der Waals surface area contributed by atoms with E-state index in [1.54, 1.807) is 50.2 Å². The third-order valence-electron chi connectivity index (χ3n) is 6.85. The Morgan fingerprint density at radius 3 is 2.23 bits per heavy atom. The lowest BCUT2D eigenvalue weighted by Crippen LogP contribution is -2.37. The maximum atomic E-state index is 14.2.